The highest BCUT2D eigenvalue weighted by Crippen LogP contribution is 2.27. The summed E-state index contributed by atoms with van der Waals surface area (Å²) in [5.41, 5.74) is 4.77. The molecule has 156 valence electrons. The molecule has 2 aromatic rings. The highest BCUT2D eigenvalue weighted by Gasteiger charge is 2.39. The topological polar surface area (TPSA) is 82.5 Å². The van der Waals surface area contributed by atoms with Gasteiger partial charge < -0.3 is 15.3 Å². The minimum atomic E-state index is -0.656. The number of aliphatic hydroxyl groups excluding tert-OH is 1. The zero-order chi connectivity index (χ0) is 21.2. The number of likely N-dealkylation sites (tertiary alicyclic amines) is 1. The van der Waals surface area contributed by atoms with Crippen LogP contribution in [0, 0.1) is 12.3 Å². The van der Waals surface area contributed by atoms with Crippen LogP contribution in [-0.4, -0.2) is 45.5 Å². The third-order valence-electron chi connectivity index (χ3n) is 5.01. The van der Waals surface area contributed by atoms with Gasteiger partial charge in [0, 0.05) is 25.9 Å². The molecular formula is C22H29N3O3S. The molecule has 2 atom stereocenters. The van der Waals surface area contributed by atoms with E-state index in [2.05, 4.69) is 10.3 Å². The number of thiazole rings is 1. The molecule has 0 unspecified atom stereocenters. The Balaban J connectivity index is 1.60. The average molecular weight is 416 g/mol. The Morgan fingerprint density at radius 1 is 1.28 bits per heavy atom. The molecular weight excluding hydrogens is 386 g/mol. The van der Waals surface area contributed by atoms with Gasteiger partial charge in [-0.3, -0.25) is 9.59 Å². The SMILES string of the molecule is Cc1ncsc1-c1ccc(CNC(=O)[C@H]2C[C@H](O)CN2C(=O)CC(C)(C)C)cc1. The molecule has 0 aliphatic carbocycles. The number of carbonyl (C=O) groups excluding carboxylic acids is 2. The molecule has 6 nitrogen and oxygen atoms in total. The Morgan fingerprint density at radius 2 is 1.97 bits per heavy atom. The van der Waals surface area contributed by atoms with Crippen molar-refractivity contribution < 1.29 is 14.7 Å². The quantitative estimate of drug-likeness (QED) is 0.786. The van der Waals surface area contributed by atoms with Gasteiger partial charge in [-0.1, -0.05) is 45.0 Å². The lowest BCUT2D eigenvalue weighted by Crippen LogP contribution is -2.46. The molecule has 1 aromatic heterocycles. The van der Waals surface area contributed by atoms with E-state index in [4.69, 9.17) is 0 Å². The minimum absolute atomic E-state index is 0.0847. The molecule has 2 amide bonds. The summed E-state index contributed by atoms with van der Waals surface area (Å²) in [7, 11) is 0. The van der Waals surface area contributed by atoms with Crippen LogP contribution in [0.25, 0.3) is 10.4 Å². The van der Waals surface area contributed by atoms with Gasteiger partial charge in [-0.25, -0.2) is 4.98 Å². The fourth-order valence-electron chi connectivity index (χ4n) is 3.55. The first-order valence-electron chi connectivity index (χ1n) is 9.89. The van der Waals surface area contributed by atoms with E-state index >= 15 is 0 Å². The zero-order valence-electron chi connectivity index (χ0n) is 17.4. The van der Waals surface area contributed by atoms with Crippen molar-refractivity contribution in [2.45, 2.75) is 59.2 Å². The van der Waals surface area contributed by atoms with E-state index < -0.39 is 12.1 Å². The third kappa shape index (κ3) is 5.42. The van der Waals surface area contributed by atoms with Gasteiger partial charge in [-0.15, -0.1) is 11.3 Å². The Bertz CT molecular complexity index is 870. The molecule has 3 rings (SSSR count). The normalized spacial score (nSPS) is 19.4. The van der Waals surface area contributed by atoms with E-state index in [9.17, 15) is 14.7 Å². The summed E-state index contributed by atoms with van der Waals surface area (Å²) < 4.78 is 0. The van der Waals surface area contributed by atoms with Crippen LogP contribution >= 0.6 is 11.3 Å². The van der Waals surface area contributed by atoms with Crippen LogP contribution in [0.4, 0.5) is 0 Å². The highest BCUT2D eigenvalue weighted by molar-refractivity contribution is 7.13. The monoisotopic (exact) mass is 415 g/mol. The Labute approximate surface area is 176 Å². The molecule has 7 heteroatoms. The predicted octanol–water partition coefficient (Wildman–Crippen LogP) is 3.13. The third-order valence-corrected chi connectivity index (χ3v) is 5.99. The molecule has 1 aliphatic heterocycles. The van der Waals surface area contributed by atoms with Gasteiger partial charge in [0.1, 0.15) is 6.04 Å². The van der Waals surface area contributed by atoms with Crippen LogP contribution in [-0.2, 0) is 16.1 Å². The number of benzene rings is 1. The molecule has 1 fully saturated rings. The van der Waals surface area contributed by atoms with E-state index in [0.29, 0.717) is 13.0 Å². The van der Waals surface area contributed by atoms with Crippen LogP contribution < -0.4 is 5.32 Å². The Morgan fingerprint density at radius 3 is 2.55 bits per heavy atom. The van der Waals surface area contributed by atoms with Crippen molar-refractivity contribution in [3.8, 4) is 10.4 Å². The molecule has 1 aliphatic rings. The van der Waals surface area contributed by atoms with Gasteiger partial charge in [0.05, 0.1) is 22.2 Å². The summed E-state index contributed by atoms with van der Waals surface area (Å²) in [5, 5.41) is 12.9. The van der Waals surface area contributed by atoms with E-state index in [1.807, 2.05) is 57.5 Å². The zero-order valence-corrected chi connectivity index (χ0v) is 18.3. The first kappa shape index (κ1) is 21.5. The molecule has 1 saturated heterocycles. The van der Waals surface area contributed by atoms with E-state index in [1.165, 1.54) is 4.90 Å². The molecule has 0 spiro atoms. The number of β-amino-alcohol motifs (C(OH)–C–C–N with tert-alkyl or cyclic N) is 1. The number of nitrogens with one attached hydrogen (secondary N) is 1. The van der Waals surface area contributed by atoms with Gasteiger partial charge in [-0.2, -0.15) is 0 Å². The maximum absolute atomic E-state index is 12.7. The van der Waals surface area contributed by atoms with Gasteiger partial charge in [-0.05, 0) is 23.5 Å². The lowest BCUT2D eigenvalue weighted by atomic mass is 9.91. The van der Waals surface area contributed by atoms with Crippen LogP contribution in [0.5, 0.6) is 0 Å². The minimum Gasteiger partial charge on any atom is -0.391 e. The Kier molecular flexibility index (Phi) is 6.39. The smallest absolute Gasteiger partial charge is 0.243 e. The second kappa shape index (κ2) is 8.63. The maximum atomic E-state index is 12.7. The summed E-state index contributed by atoms with van der Waals surface area (Å²) in [5.74, 6) is -0.301. The number of aliphatic hydroxyl groups is 1. The van der Waals surface area contributed by atoms with Crippen molar-refractivity contribution in [2.75, 3.05) is 6.54 Å². The van der Waals surface area contributed by atoms with Crippen molar-refractivity contribution in [2.24, 2.45) is 5.41 Å². The van der Waals surface area contributed by atoms with E-state index in [1.54, 1.807) is 11.3 Å². The number of rotatable bonds is 5. The van der Waals surface area contributed by atoms with Gasteiger partial charge in [0.25, 0.3) is 0 Å². The largest absolute Gasteiger partial charge is 0.391 e. The van der Waals surface area contributed by atoms with E-state index in [-0.39, 0.29) is 30.2 Å². The molecule has 0 saturated carbocycles. The number of amides is 2. The first-order chi connectivity index (χ1) is 13.6. The second-order valence-electron chi connectivity index (χ2n) is 8.87. The van der Waals surface area contributed by atoms with Crippen LogP contribution in [0.2, 0.25) is 0 Å². The molecule has 2 heterocycles. The summed E-state index contributed by atoms with van der Waals surface area (Å²) in [4.78, 5) is 32.3. The fraction of sp³-hybridized carbons (Fsp3) is 0.500. The molecule has 0 radical (unpaired) electrons. The number of aromatic nitrogens is 1. The lowest BCUT2D eigenvalue weighted by molar-refractivity contribution is -0.140. The molecule has 0 bridgehead atoms. The molecule has 2 N–H and O–H groups in total. The molecule has 29 heavy (non-hydrogen) atoms. The van der Waals surface area contributed by atoms with Crippen LogP contribution in [0.1, 0.15) is 44.9 Å². The van der Waals surface area contributed by atoms with Crippen LogP contribution in [0.3, 0.4) is 0 Å². The van der Waals surface area contributed by atoms with Crippen molar-refractivity contribution in [3.05, 3.63) is 41.0 Å². The van der Waals surface area contributed by atoms with Gasteiger partial charge in [0.15, 0.2) is 0 Å². The van der Waals surface area contributed by atoms with Crippen LogP contribution in [0.15, 0.2) is 29.8 Å². The van der Waals surface area contributed by atoms with Crippen molar-refractivity contribution in [1.82, 2.24) is 15.2 Å². The first-order valence-corrected chi connectivity index (χ1v) is 10.8. The van der Waals surface area contributed by atoms with Gasteiger partial charge in [0.2, 0.25) is 11.8 Å². The number of aryl methyl sites for hydroxylation is 1. The number of nitrogens with zero attached hydrogens (tertiary/aromatic N) is 2. The standard InChI is InChI=1S/C22H29N3O3S/c1-14-20(29-13-24-14)16-7-5-15(6-8-16)11-23-21(28)18-9-17(26)12-25(18)19(27)10-22(2,3)4/h5-8,13,17-18,26H,9-12H2,1-4H3,(H,23,28)/t17-,18+/m0/s1. The van der Waals surface area contributed by atoms with Crippen molar-refractivity contribution in [1.29, 1.82) is 0 Å². The lowest BCUT2D eigenvalue weighted by Gasteiger charge is -2.27. The summed E-state index contributed by atoms with van der Waals surface area (Å²) >= 11 is 1.61. The van der Waals surface area contributed by atoms with Gasteiger partial charge >= 0.3 is 0 Å². The predicted molar refractivity (Wildman–Crippen MR) is 114 cm³/mol. The summed E-state index contributed by atoms with van der Waals surface area (Å²) in [6, 6.07) is 7.42. The average Bonchev–Trinajstić information content (AvgIpc) is 3.24. The second-order valence-corrected chi connectivity index (χ2v) is 9.73. The summed E-state index contributed by atoms with van der Waals surface area (Å²) in [6.07, 6.45) is -0.0237. The number of hydrogen-bond donors (Lipinski definition) is 2. The Hall–Kier alpha value is -2.25. The highest BCUT2D eigenvalue weighted by atomic mass is 32.1. The number of carbonyl (C=O) groups is 2. The fourth-order valence-corrected chi connectivity index (χ4v) is 4.36. The van der Waals surface area contributed by atoms with Crippen molar-refractivity contribution >= 4 is 23.2 Å². The maximum Gasteiger partial charge on any atom is 0.243 e. The van der Waals surface area contributed by atoms with Crippen molar-refractivity contribution in [3.63, 3.8) is 0 Å². The summed E-state index contributed by atoms with van der Waals surface area (Å²) in [6.45, 7) is 8.56. The van der Waals surface area contributed by atoms with E-state index in [0.717, 1.165) is 21.7 Å². The number of hydrogen-bond acceptors (Lipinski definition) is 5. The molecule has 1 aromatic carbocycles.